The molecule has 31 heavy (non-hydrogen) atoms. The maximum Gasteiger partial charge on any atom is 0.155 e. The van der Waals surface area contributed by atoms with E-state index in [0.717, 1.165) is 54.3 Å². The van der Waals surface area contributed by atoms with E-state index in [1.54, 1.807) is 0 Å². The lowest BCUT2D eigenvalue weighted by atomic mass is 9.44. The number of hydrogen-bond acceptors (Lipinski definition) is 1. The minimum atomic E-state index is 0.313. The SMILES string of the molecule is CC.CC(C)CCCC(C)C1CCC2C3C(C)CC4=CC(=O)CCC4(C)C3CCC12C. The summed E-state index contributed by atoms with van der Waals surface area (Å²) in [6.45, 7) is 19.0. The Morgan fingerprint density at radius 3 is 2.39 bits per heavy atom. The van der Waals surface area contributed by atoms with Gasteiger partial charge in [-0.25, -0.2) is 0 Å². The maximum atomic E-state index is 12.1. The van der Waals surface area contributed by atoms with Crippen LogP contribution in [0.2, 0.25) is 0 Å². The average molecular weight is 429 g/mol. The maximum absolute atomic E-state index is 12.1. The highest BCUT2D eigenvalue weighted by molar-refractivity contribution is 5.91. The van der Waals surface area contributed by atoms with Gasteiger partial charge in [0.05, 0.1) is 0 Å². The minimum Gasteiger partial charge on any atom is -0.295 e. The quantitative estimate of drug-likeness (QED) is 0.427. The van der Waals surface area contributed by atoms with Crippen LogP contribution >= 0.6 is 0 Å². The van der Waals surface area contributed by atoms with E-state index in [9.17, 15) is 4.79 Å². The standard InChI is InChI=1S/C28H46O.C2H6/c1-18(2)8-7-9-19(3)23-10-11-24-26-20(4)16-21-17-22(29)12-14-27(21,5)25(26)13-15-28(23,24)6;1-2/h17-20,23-26H,7-16H2,1-6H3;1-2H3. The first kappa shape index (κ1) is 25.0. The zero-order valence-corrected chi connectivity index (χ0v) is 22.1. The molecule has 1 nitrogen and oxygen atoms in total. The summed E-state index contributed by atoms with van der Waals surface area (Å²) in [5, 5.41) is 0. The summed E-state index contributed by atoms with van der Waals surface area (Å²) in [7, 11) is 0. The Hall–Kier alpha value is -0.590. The number of rotatable bonds is 5. The van der Waals surface area contributed by atoms with Crippen molar-refractivity contribution in [3.63, 3.8) is 0 Å². The van der Waals surface area contributed by atoms with Crippen molar-refractivity contribution in [1.29, 1.82) is 0 Å². The average Bonchev–Trinajstić information content (AvgIpc) is 3.08. The van der Waals surface area contributed by atoms with Gasteiger partial charge in [-0.1, -0.05) is 80.2 Å². The first-order valence-electron chi connectivity index (χ1n) is 13.9. The molecule has 1 heteroatoms. The van der Waals surface area contributed by atoms with Gasteiger partial charge in [-0.2, -0.15) is 0 Å². The summed E-state index contributed by atoms with van der Waals surface area (Å²) < 4.78 is 0. The summed E-state index contributed by atoms with van der Waals surface area (Å²) in [4.78, 5) is 12.1. The third-order valence-electron chi connectivity index (χ3n) is 10.5. The van der Waals surface area contributed by atoms with E-state index in [4.69, 9.17) is 0 Å². The Balaban J connectivity index is 0.00000132. The Kier molecular flexibility index (Phi) is 7.85. The molecule has 0 amide bonds. The van der Waals surface area contributed by atoms with Crippen LogP contribution < -0.4 is 0 Å². The Labute approximate surface area is 194 Å². The highest BCUT2D eigenvalue weighted by Crippen LogP contribution is 2.68. The van der Waals surface area contributed by atoms with E-state index < -0.39 is 0 Å². The van der Waals surface area contributed by atoms with E-state index in [2.05, 4.69) is 47.6 Å². The van der Waals surface area contributed by atoms with Gasteiger partial charge in [0.1, 0.15) is 0 Å². The third-order valence-corrected chi connectivity index (χ3v) is 10.5. The van der Waals surface area contributed by atoms with Gasteiger partial charge in [0.15, 0.2) is 5.78 Å². The van der Waals surface area contributed by atoms with Crippen LogP contribution in [0.25, 0.3) is 0 Å². The monoisotopic (exact) mass is 428 g/mol. The molecule has 0 aromatic rings. The highest BCUT2D eigenvalue weighted by Gasteiger charge is 2.60. The van der Waals surface area contributed by atoms with Crippen molar-refractivity contribution in [2.24, 2.45) is 52.3 Å². The van der Waals surface area contributed by atoms with E-state index in [1.165, 1.54) is 56.9 Å². The molecular formula is C30H52O. The molecule has 8 atom stereocenters. The highest BCUT2D eigenvalue weighted by atomic mass is 16.1. The lowest BCUT2D eigenvalue weighted by Crippen LogP contribution is -2.53. The van der Waals surface area contributed by atoms with Gasteiger partial charge in [0.2, 0.25) is 0 Å². The number of ketones is 1. The summed E-state index contributed by atoms with van der Waals surface area (Å²) >= 11 is 0. The minimum absolute atomic E-state index is 0.313. The number of fused-ring (bicyclic) bond motifs is 5. The van der Waals surface area contributed by atoms with Crippen LogP contribution in [-0.4, -0.2) is 5.78 Å². The first-order chi connectivity index (χ1) is 14.7. The van der Waals surface area contributed by atoms with Crippen LogP contribution in [0.1, 0.15) is 120 Å². The number of allylic oxidation sites excluding steroid dienone is 1. The Bertz CT molecular complexity index is 659. The van der Waals surface area contributed by atoms with Crippen molar-refractivity contribution < 1.29 is 4.79 Å². The van der Waals surface area contributed by atoms with Crippen LogP contribution in [-0.2, 0) is 4.79 Å². The normalized spacial score (nSPS) is 42.7. The molecule has 3 saturated carbocycles. The third kappa shape index (κ3) is 4.46. The van der Waals surface area contributed by atoms with Crippen LogP contribution in [0, 0.1) is 52.3 Å². The number of carbonyl (C=O) groups is 1. The molecule has 0 aromatic heterocycles. The van der Waals surface area contributed by atoms with Gasteiger partial charge in [-0.05, 0) is 96.9 Å². The van der Waals surface area contributed by atoms with Crippen molar-refractivity contribution in [1.82, 2.24) is 0 Å². The van der Waals surface area contributed by atoms with Gasteiger partial charge in [-0.3, -0.25) is 4.79 Å². The van der Waals surface area contributed by atoms with Crippen molar-refractivity contribution >= 4 is 5.78 Å². The number of hydrogen-bond donors (Lipinski definition) is 0. The summed E-state index contributed by atoms with van der Waals surface area (Å²) in [6.07, 6.45) is 15.2. The van der Waals surface area contributed by atoms with Crippen molar-refractivity contribution in [3.8, 4) is 0 Å². The topological polar surface area (TPSA) is 17.1 Å². The molecule has 8 unspecified atom stereocenters. The van der Waals surface area contributed by atoms with E-state index in [0.29, 0.717) is 16.6 Å². The summed E-state index contributed by atoms with van der Waals surface area (Å²) in [6, 6.07) is 0. The molecule has 0 aromatic carbocycles. The lowest BCUT2D eigenvalue weighted by molar-refractivity contribution is -0.118. The Morgan fingerprint density at radius 2 is 1.71 bits per heavy atom. The molecule has 0 heterocycles. The van der Waals surface area contributed by atoms with Crippen molar-refractivity contribution in [2.45, 2.75) is 120 Å². The van der Waals surface area contributed by atoms with Gasteiger partial charge in [-0.15, -0.1) is 0 Å². The first-order valence-corrected chi connectivity index (χ1v) is 13.9. The largest absolute Gasteiger partial charge is 0.295 e. The van der Waals surface area contributed by atoms with Gasteiger partial charge < -0.3 is 0 Å². The molecular weight excluding hydrogens is 376 g/mol. The van der Waals surface area contributed by atoms with Gasteiger partial charge in [0.25, 0.3) is 0 Å². The molecule has 0 aliphatic heterocycles. The molecule has 0 N–H and O–H groups in total. The fraction of sp³-hybridized carbons (Fsp3) is 0.900. The smallest absolute Gasteiger partial charge is 0.155 e. The molecule has 4 aliphatic rings. The van der Waals surface area contributed by atoms with Crippen molar-refractivity contribution in [2.75, 3.05) is 0 Å². The predicted molar refractivity (Wildman–Crippen MR) is 134 cm³/mol. The number of carbonyl (C=O) groups excluding carboxylic acids is 1. The molecule has 4 aliphatic carbocycles. The van der Waals surface area contributed by atoms with Crippen LogP contribution in [0.4, 0.5) is 0 Å². The van der Waals surface area contributed by atoms with Crippen molar-refractivity contribution in [3.05, 3.63) is 11.6 Å². The zero-order chi connectivity index (χ0) is 23.0. The molecule has 178 valence electrons. The van der Waals surface area contributed by atoms with Crippen LogP contribution in [0.5, 0.6) is 0 Å². The Morgan fingerprint density at radius 1 is 1.00 bits per heavy atom. The van der Waals surface area contributed by atoms with Crippen LogP contribution in [0.15, 0.2) is 11.6 Å². The zero-order valence-electron chi connectivity index (χ0n) is 22.1. The van der Waals surface area contributed by atoms with E-state index >= 15 is 0 Å². The van der Waals surface area contributed by atoms with Gasteiger partial charge >= 0.3 is 0 Å². The van der Waals surface area contributed by atoms with E-state index in [1.807, 2.05) is 13.8 Å². The fourth-order valence-electron chi connectivity index (χ4n) is 8.93. The fourth-order valence-corrected chi connectivity index (χ4v) is 8.93. The second-order valence-electron chi connectivity index (χ2n) is 12.6. The second-order valence-corrected chi connectivity index (χ2v) is 12.6. The molecule has 0 spiro atoms. The molecule has 0 bridgehead atoms. The molecule has 4 rings (SSSR count). The van der Waals surface area contributed by atoms with Gasteiger partial charge in [0, 0.05) is 6.42 Å². The molecule has 0 saturated heterocycles. The lowest BCUT2D eigenvalue weighted by Gasteiger charge is -2.60. The predicted octanol–water partition coefficient (Wildman–Crippen LogP) is 8.87. The summed E-state index contributed by atoms with van der Waals surface area (Å²) in [5.41, 5.74) is 2.39. The molecule has 3 fully saturated rings. The van der Waals surface area contributed by atoms with Crippen LogP contribution in [0.3, 0.4) is 0 Å². The summed E-state index contributed by atoms with van der Waals surface area (Å²) in [5.74, 6) is 6.44. The molecule has 0 radical (unpaired) electrons. The second kappa shape index (κ2) is 9.72. The van der Waals surface area contributed by atoms with E-state index in [-0.39, 0.29) is 0 Å².